The minimum Gasteiger partial charge on any atom is -0.508 e. The summed E-state index contributed by atoms with van der Waals surface area (Å²) < 4.78 is 0. The third kappa shape index (κ3) is 2.64. The Kier molecular flexibility index (Phi) is 3.64. The first-order chi connectivity index (χ1) is 9.74. The Hall–Kier alpha value is -1.96. The van der Waals surface area contributed by atoms with E-state index in [1.807, 2.05) is 24.3 Å². The van der Waals surface area contributed by atoms with Crippen LogP contribution in [0.3, 0.4) is 0 Å². The molecule has 0 aliphatic heterocycles. The molecule has 0 unspecified atom stereocenters. The summed E-state index contributed by atoms with van der Waals surface area (Å²) in [6.07, 6.45) is 5.12. The lowest BCUT2D eigenvalue weighted by atomic mass is 9.80. The van der Waals surface area contributed by atoms with Gasteiger partial charge in [0.05, 0.1) is 0 Å². The van der Waals surface area contributed by atoms with Crippen LogP contribution in [0.2, 0.25) is 0 Å². The lowest BCUT2D eigenvalue weighted by Crippen LogP contribution is -2.11. The molecule has 1 aliphatic carbocycles. The van der Waals surface area contributed by atoms with Gasteiger partial charge >= 0.3 is 0 Å². The summed E-state index contributed by atoms with van der Waals surface area (Å²) in [6, 6.07) is 15.1. The molecule has 2 N–H and O–H groups in total. The number of phenols is 2. The molecule has 0 heterocycles. The fourth-order valence-electron chi connectivity index (χ4n) is 3.39. The average molecular weight is 268 g/mol. The second kappa shape index (κ2) is 5.58. The van der Waals surface area contributed by atoms with Crippen LogP contribution < -0.4 is 0 Å². The number of hydrogen-bond acceptors (Lipinski definition) is 2. The normalized spacial score (nSPS) is 15.8. The molecular formula is C18H20O2. The summed E-state index contributed by atoms with van der Waals surface area (Å²) in [7, 11) is 0. The van der Waals surface area contributed by atoms with Crippen molar-refractivity contribution in [1.82, 2.24) is 0 Å². The van der Waals surface area contributed by atoms with Crippen LogP contribution in [0.1, 0.15) is 42.7 Å². The molecule has 104 valence electrons. The van der Waals surface area contributed by atoms with E-state index in [2.05, 4.69) is 0 Å². The van der Waals surface area contributed by atoms with E-state index in [0.717, 1.165) is 0 Å². The first-order valence-corrected chi connectivity index (χ1v) is 7.32. The predicted octanol–water partition coefficient (Wildman–Crippen LogP) is 4.42. The Bertz CT molecular complexity index is 505. The van der Waals surface area contributed by atoms with Crippen molar-refractivity contribution in [2.75, 3.05) is 0 Å². The highest BCUT2D eigenvalue weighted by Crippen LogP contribution is 2.42. The quantitative estimate of drug-likeness (QED) is 0.865. The van der Waals surface area contributed by atoms with Crippen molar-refractivity contribution in [3.63, 3.8) is 0 Å². The fourth-order valence-corrected chi connectivity index (χ4v) is 3.39. The molecule has 3 rings (SSSR count). The van der Waals surface area contributed by atoms with E-state index in [9.17, 15) is 10.2 Å². The highest BCUT2D eigenvalue weighted by atomic mass is 16.3. The molecule has 0 spiro atoms. The van der Waals surface area contributed by atoms with Gasteiger partial charge < -0.3 is 10.2 Å². The van der Waals surface area contributed by atoms with Gasteiger partial charge in [-0.2, -0.15) is 0 Å². The number of aromatic hydroxyl groups is 2. The van der Waals surface area contributed by atoms with Crippen LogP contribution in [0.25, 0.3) is 0 Å². The molecule has 2 aromatic carbocycles. The van der Waals surface area contributed by atoms with Crippen LogP contribution in [0.15, 0.2) is 48.5 Å². The average Bonchev–Trinajstić information content (AvgIpc) is 2.97. The monoisotopic (exact) mass is 268 g/mol. The minimum atomic E-state index is 0.310. The zero-order valence-corrected chi connectivity index (χ0v) is 11.5. The van der Waals surface area contributed by atoms with Crippen molar-refractivity contribution >= 4 is 0 Å². The van der Waals surface area contributed by atoms with Crippen molar-refractivity contribution in [2.24, 2.45) is 5.92 Å². The minimum absolute atomic E-state index is 0.310. The Morgan fingerprint density at radius 3 is 1.50 bits per heavy atom. The van der Waals surface area contributed by atoms with E-state index in [1.54, 1.807) is 24.3 Å². The van der Waals surface area contributed by atoms with Gasteiger partial charge in [0, 0.05) is 5.92 Å². The first-order valence-electron chi connectivity index (χ1n) is 7.32. The standard InChI is InChI=1S/C18H20O2/c19-16-9-5-14(6-10-16)18(13-3-1-2-4-13)15-7-11-17(20)12-8-15/h5-13,18-20H,1-4H2. The maximum Gasteiger partial charge on any atom is 0.115 e. The molecule has 20 heavy (non-hydrogen) atoms. The highest BCUT2D eigenvalue weighted by molar-refractivity contribution is 5.38. The van der Waals surface area contributed by atoms with Crippen LogP contribution in [0.5, 0.6) is 11.5 Å². The summed E-state index contributed by atoms with van der Waals surface area (Å²) in [5.41, 5.74) is 2.50. The molecule has 0 radical (unpaired) electrons. The third-order valence-electron chi connectivity index (χ3n) is 4.38. The Balaban J connectivity index is 1.98. The van der Waals surface area contributed by atoms with Gasteiger partial charge in [-0.25, -0.2) is 0 Å². The zero-order chi connectivity index (χ0) is 13.9. The first kappa shape index (κ1) is 13.0. The lowest BCUT2D eigenvalue weighted by molar-refractivity contribution is 0.467. The smallest absolute Gasteiger partial charge is 0.115 e. The maximum absolute atomic E-state index is 9.48. The number of phenolic OH excluding ortho intramolecular Hbond substituents is 2. The molecule has 0 saturated heterocycles. The van der Waals surface area contributed by atoms with Gasteiger partial charge in [0.15, 0.2) is 0 Å². The molecule has 0 atom stereocenters. The van der Waals surface area contributed by atoms with Crippen molar-refractivity contribution < 1.29 is 10.2 Å². The second-order valence-electron chi connectivity index (χ2n) is 5.71. The number of hydrogen-bond donors (Lipinski definition) is 2. The van der Waals surface area contributed by atoms with Gasteiger partial charge in [-0.05, 0) is 54.2 Å². The van der Waals surface area contributed by atoms with Gasteiger partial charge in [0.1, 0.15) is 11.5 Å². The summed E-state index contributed by atoms with van der Waals surface area (Å²) >= 11 is 0. The summed E-state index contributed by atoms with van der Waals surface area (Å²) in [4.78, 5) is 0. The lowest BCUT2D eigenvalue weighted by Gasteiger charge is -2.24. The second-order valence-corrected chi connectivity index (χ2v) is 5.71. The third-order valence-corrected chi connectivity index (χ3v) is 4.38. The Labute approximate surface area is 119 Å². The molecule has 2 nitrogen and oxygen atoms in total. The molecule has 0 aromatic heterocycles. The van der Waals surface area contributed by atoms with E-state index in [-0.39, 0.29) is 0 Å². The maximum atomic E-state index is 9.48. The molecule has 0 amide bonds. The van der Waals surface area contributed by atoms with E-state index in [1.165, 1.54) is 36.8 Å². The molecular weight excluding hydrogens is 248 g/mol. The van der Waals surface area contributed by atoms with E-state index in [0.29, 0.717) is 23.3 Å². The van der Waals surface area contributed by atoms with Crippen LogP contribution in [-0.2, 0) is 0 Å². The van der Waals surface area contributed by atoms with Crippen LogP contribution in [-0.4, -0.2) is 10.2 Å². The Morgan fingerprint density at radius 2 is 1.10 bits per heavy atom. The SMILES string of the molecule is Oc1ccc(C(c2ccc(O)cc2)C2CCCC2)cc1. The molecule has 1 fully saturated rings. The summed E-state index contributed by atoms with van der Waals surface area (Å²) in [6.45, 7) is 0. The van der Waals surface area contributed by atoms with Crippen molar-refractivity contribution in [3.8, 4) is 11.5 Å². The topological polar surface area (TPSA) is 40.5 Å². The van der Waals surface area contributed by atoms with Gasteiger partial charge in [-0.1, -0.05) is 37.1 Å². The van der Waals surface area contributed by atoms with E-state index in [4.69, 9.17) is 0 Å². The van der Waals surface area contributed by atoms with Gasteiger partial charge in [0.2, 0.25) is 0 Å². The Morgan fingerprint density at radius 1 is 0.700 bits per heavy atom. The van der Waals surface area contributed by atoms with Crippen molar-refractivity contribution in [1.29, 1.82) is 0 Å². The zero-order valence-electron chi connectivity index (χ0n) is 11.5. The summed E-state index contributed by atoms with van der Waals surface area (Å²) in [5, 5.41) is 19.0. The van der Waals surface area contributed by atoms with Crippen LogP contribution in [0, 0.1) is 5.92 Å². The number of rotatable bonds is 3. The number of benzene rings is 2. The molecule has 1 saturated carbocycles. The van der Waals surface area contributed by atoms with Crippen molar-refractivity contribution in [3.05, 3.63) is 59.7 Å². The molecule has 2 aromatic rings. The van der Waals surface area contributed by atoms with Gasteiger partial charge in [0.25, 0.3) is 0 Å². The molecule has 1 aliphatic rings. The van der Waals surface area contributed by atoms with Crippen molar-refractivity contribution in [2.45, 2.75) is 31.6 Å². The predicted molar refractivity (Wildman–Crippen MR) is 80.0 cm³/mol. The fraction of sp³-hybridized carbons (Fsp3) is 0.333. The van der Waals surface area contributed by atoms with Gasteiger partial charge in [-0.3, -0.25) is 0 Å². The van der Waals surface area contributed by atoms with Crippen LogP contribution in [0.4, 0.5) is 0 Å². The van der Waals surface area contributed by atoms with E-state index >= 15 is 0 Å². The van der Waals surface area contributed by atoms with Gasteiger partial charge in [-0.15, -0.1) is 0 Å². The largest absolute Gasteiger partial charge is 0.508 e. The highest BCUT2D eigenvalue weighted by Gasteiger charge is 2.27. The molecule has 0 bridgehead atoms. The summed E-state index contributed by atoms with van der Waals surface area (Å²) in [5.74, 6) is 1.64. The van der Waals surface area contributed by atoms with E-state index < -0.39 is 0 Å². The molecule has 2 heteroatoms. The van der Waals surface area contributed by atoms with Crippen LogP contribution >= 0.6 is 0 Å².